The van der Waals surface area contributed by atoms with Crippen molar-refractivity contribution in [2.24, 2.45) is 0 Å². The monoisotopic (exact) mass is 235 g/mol. The minimum absolute atomic E-state index is 0.289. The molecule has 0 aromatic carbocycles. The summed E-state index contributed by atoms with van der Waals surface area (Å²) in [6.45, 7) is 5.46. The average molecular weight is 235 g/mol. The molecule has 17 heavy (non-hydrogen) atoms. The number of rotatable bonds is 6. The van der Waals surface area contributed by atoms with Crippen LogP contribution in [0.15, 0.2) is 0 Å². The topological polar surface area (TPSA) is 82.9 Å². The molecule has 0 amide bonds. The number of anilines is 2. The first kappa shape index (κ1) is 13.0. The Labute approximate surface area is 101 Å². The van der Waals surface area contributed by atoms with E-state index in [1.54, 1.807) is 0 Å². The molecule has 1 aromatic rings. The minimum atomic E-state index is 0.289. The SMILES string of the molecule is CCCNc1nc(NCC)c(C#N)c(OC)n1. The predicted molar refractivity (Wildman–Crippen MR) is 66.2 cm³/mol. The van der Waals surface area contributed by atoms with E-state index in [-0.39, 0.29) is 5.88 Å². The van der Waals surface area contributed by atoms with Gasteiger partial charge in [-0.1, -0.05) is 6.92 Å². The lowest BCUT2D eigenvalue weighted by Crippen LogP contribution is -2.10. The molecule has 1 aromatic heterocycles. The maximum atomic E-state index is 9.05. The first-order valence-electron chi connectivity index (χ1n) is 5.60. The van der Waals surface area contributed by atoms with Gasteiger partial charge in [-0.25, -0.2) is 0 Å². The van der Waals surface area contributed by atoms with Gasteiger partial charge in [0.1, 0.15) is 6.07 Å². The molecule has 0 aliphatic carbocycles. The van der Waals surface area contributed by atoms with E-state index >= 15 is 0 Å². The van der Waals surface area contributed by atoms with Gasteiger partial charge in [-0.3, -0.25) is 0 Å². The van der Waals surface area contributed by atoms with E-state index in [0.717, 1.165) is 13.0 Å². The Morgan fingerprint density at radius 2 is 2.06 bits per heavy atom. The van der Waals surface area contributed by atoms with Crippen LogP contribution in [0.25, 0.3) is 0 Å². The van der Waals surface area contributed by atoms with E-state index in [2.05, 4.69) is 27.5 Å². The molecule has 0 unspecified atom stereocenters. The Kier molecular flexibility index (Phi) is 5.01. The van der Waals surface area contributed by atoms with Crippen LogP contribution in [0.2, 0.25) is 0 Å². The second kappa shape index (κ2) is 6.53. The Balaban J connectivity index is 3.11. The highest BCUT2D eigenvalue weighted by Crippen LogP contribution is 2.23. The third kappa shape index (κ3) is 3.21. The predicted octanol–water partition coefficient (Wildman–Crippen LogP) is 1.61. The number of nitrogens with one attached hydrogen (secondary N) is 2. The maximum absolute atomic E-state index is 9.05. The Bertz CT molecular complexity index is 413. The summed E-state index contributed by atoms with van der Waals surface area (Å²) < 4.78 is 5.09. The van der Waals surface area contributed by atoms with E-state index in [9.17, 15) is 0 Å². The van der Waals surface area contributed by atoms with Crippen molar-refractivity contribution in [1.82, 2.24) is 9.97 Å². The largest absolute Gasteiger partial charge is 0.480 e. The summed E-state index contributed by atoms with van der Waals surface area (Å²) in [5.41, 5.74) is 0.330. The molecular formula is C11H17N5O. The van der Waals surface area contributed by atoms with Crippen LogP contribution in [0.3, 0.4) is 0 Å². The van der Waals surface area contributed by atoms with Crippen LogP contribution in [-0.4, -0.2) is 30.2 Å². The number of aromatic nitrogens is 2. The summed E-state index contributed by atoms with van der Waals surface area (Å²) in [5.74, 6) is 1.26. The van der Waals surface area contributed by atoms with Crippen LogP contribution in [0.5, 0.6) is 5.88 Å². The maximum Gasteiger partial charge on any atom is 0.238 e. The van der Waals surface area contributed by atoms with Crippen LogP contribution >= 0.6 is 0 Å². The zero-order valence-electron chi connectivity index (χ0n) is 10.4. The molecule has 92 valence electrons. The van der Waals surface area contributed by atoms with Gasteiger partial charge in [0.15, 0.2) is 11.4 Å². The molecule has 0 bridgehead atoms. The van der Waals surface area contributed by atoms with E-state index in [0.29, 0.717) is 23.9 Å². The van der Waals surface area contributed by atoms with Crippen molar-refractivity contribution in [3.8, 4) is 11.9 Å². The van der Waals surface area contributed by atoms with Crippen molar-refractivity contribution in [3.05, 3.63) is 5.56 Å². The van der Waals surface area contributed by atoms with Crippen LogP contribution in [-0.2, 0) is 0 Å². The molecule has 0 aliphatic rings. The summed E-state index contributed by atoms with van der Waals surface area (Å²) in [5, 5.41) is 15.1. The summed E-state index contributed by atoms with van der Waals surface area (Å²) in [7, 11) is 1.49. The molecule has 1 heterocycles. The molecule has 0 spiro atoms. The molecule has 6 nitrogen and oxygen atoms in total. The van der Waals surface area contributed by atoms with Crippen molar-refractivity contribution >= 4 is 11.8 Å². The lowest BCUT2D eigenvalue weighted by molar-refractivity contribution is 0.396. The molecular weight excluding hydrogens is 218 g/mol. The normalized spacial score (nSPS) is 9.53. The Morgan fingerprint density at radius 1 is 1.29 bits per heavy atom. The highest BCUT2D eigenvalue weighted by atomic mass is 16.5. The lowest BCUT2D eigenvalue weighted by atomic mass is 10.3. The summed E-state index contributed by atoms with van der Waals surface area (Å²) in [6, 6.07) is 2.04. The van der Waals surface area contributed by atoms with Crippen molar-refractivity contribution in [2.75, 3.05) is 30.8 Å². The quantitative estimate of drug-likeness (QED) is 0.779. The van der Waals surface area contributed by atoms with E-state index in [1.807, 2.05) is 13.0 Å². The number of ether oxygens (including phenoxy) is 1. The molecule has 0 saturated heterocycles. The van der Waals surface area contributed by atoms with Gasteiger partial charge in [0.2, 0.25) is 11.8 Å². The number of methoxy groups -OCH3 is 1. The lowest BCUT2D eigenvalue weighted by Gasteiger charge is -2.11. The Morgan fingerprint density at radius 3 is 2.59 bits per heavy atom. The second-order valence-electron chi connectivity index (χ2n) is 3.35. The fraction of sp³-hybridized carbons (Fsp3) is 0.545. The Hall–Kier alpha value is -2.03. The average Bonchev–Trinajstić information content (AvgIpc) is 2.36. The van der Waals surface area contributed by atoms with Crippen LogP contribution in [0.1, 0.15) is 25.8 Å². The van der Waals surface area contributed by atoms with E-state index in [1.165, 1.54) is 7.11 Å². The van der Waals surface area contributed by atoms with Crippen molar-refractivity contribution in [1.29, 1.82) is 5.26 Å². The van der Waals surface area contributed by atoms with Gasteiger partial charge < -0.3 is 15.4 Å². The number of hydrogen-bond acceptors (Lipinski definition) is 6. The van der Waals surface area contributed by atoms with Crippen LogP contribution in [0.4, 0.5) is 11.8 Å². The molecule has 0 radical (unpaired) electrons. The molecule has 0 aliphatic heterocycles. The number of nitriles is 1. The van der Waals surface area contributed by atoms with Crippen LogP contribution < -0.4 is 15.4 Å². The zero-order valence-corrected chi connectivity index (χ0v) is 10.4. The van der Waals surface area contributed by atoms with Gasteiger partial charge in [0, 0.05) is 13.1 Å². The second-order valence-corrected chi connectivity index (χ2v) is 3.35. The number of nitrogens with zero attached hydrogens (tertiary/aromatic N) is 3. The van der Waals surface area contributed by atoms with Gasteiger partial charge in [-0.2, -0.15) is 15.2 Å². The fourth-order valence-electron chi connectivity index (χ4n) is 1.30. The van der Waals surface area contributed by atoms with E-state index in [4.69, 9.17) is 10.00 Å². The highest BCUT2D eigenvalue weighted by Gasteiger charge is 2.14. The minimum Gasteiger partial charge on any atom is -0.480 e. The molecule has 1 rings (SSSR count). The van der Waals surface area contributed by atoms with E-state index < -0.39 is 0 Å². The van der Waals surface area contributed by atoms with Gasteiger partial charge in [0.25, 0.3) is 0 Å². The van der Waals surface area contributed by atoms with Gasteiger partial charge in [-0.15, -0.1) is 0 Å². The third-order valence-electron chi connectivity index (χ3n) is 2.06. The first-order valence-corrected chi connectivity index (χ1v) is 5.60. The van der Waals surface area contributed by atoms with Crippen LogP contribution in [0, 0.1) is 11.3 Å². The standard InChI is InChI=1S/C11H17N5O/c1-4-6-14-11-15-9(13-5-2)8(7-12)10(16-11)17-3/h4-6H2,1-3H3,(H2,13,14,15,16). The van der Waals surface area contributed by atoms with Gasteiger partial charge in [0.05, 0.1) is 7.11 Å². The van der Waals surface area contributed by atoms with Crippen molar-refractivity contribution in [2.45, 2.75) is 20.3 Å². The van der Waals surface area contributed by atoms with Crippen molar-refractivity contribution < 1.29 is 4.74 Å². The van der Waals surface area contributed by atoms with Gasteiger partial charge >= 0.3 is 0 Å². The first-order chi connectivity index (χ1) is 8.26. The molecule has 6 heteroatoms. The van der Waals surface area contributed by atoms with Crippen molar-refractivity contribution in [3.63, 3.8) is 0 Å². The summed E-state index contributed by atoms with van der Waals surface area (Å²) in [6.07, 6.45) is 0.974. The smallest absolute Gasteiger partial charge is 0.238 e. The highest BCUT2D eigenvalue weighted by molar-refractivity contribution is 5.59. The molecule has 0 fully saturated rings. The molecule has 0 saturated carbocycles. The fourth-order valence-corrected chi connectivity index (χ4v) is 1.30. The van der Waals surface area contributed by atoms with Gasteiger partial charge in [-0.05, 0) is 13.3 Å². The molecule has 0 atom stereocenters. The number of hydrogen-bond donors (Lipinski definition) is 2. The molecule has 2 N–H and O–H groups in total. The summed E-state index contributed by atoms with van der Waals surface area (Å²) in [4.78, 5) is 8.38. The third-order valence-corrected chi connectivity index (χ3v) is 2.06. The zero-order chi connectivity index (χ0) is 12.7. The summed E-state index contributed by atoms with van der Waals surface area (Å²) >= 11 is 0.